The summed E-state index contributed by atoms with van der Waals surface area (Å²) in [6.07, 6.45) is 5.75. The van der Waals surface area contributed by atoms with Crippen molar-refractivity contribution in [1.29, 1.82) is 0 Å². The Morgan fingerprint density at radius 1 is 1.03 bits per heavy atom. The summed E-state index contributed by atoms with van der Waals surface area (Å²) in [6.45, 7) is 4.65. The third-order valence-corrected chi connectivity index (χ3v) is 5.04. The third kappa shape index (κ3) is 7.00. The zero-order chi connectivity index (χ0) is 22.1. The zero-order valence-electron chi connectivity index (χ0n) is 17.8. The third-order valence-electron chi connectivity index (χ3n) is 4.59. The fourth-order valence-corrected chi connectivity index (χ4v) is 3.58. The SMILES string of the molecule is CCCOc1c(CC=Cc2ccccc2)cc(Br)cc1NC(=O)Nc1ccc(C)cc1. The highest BCUT2D eigenvalue weighted by atomic mass is 79.9. The molecule has 0 atom stereocenters. The lowest BCUT2D eigenvalue weighted by Crippen LogP contribution is -2.20. The number of carbonyl (C=O) groups excluding carboxylic acids is 1. The molecule has 0 spiro atoms. The van der Waals surface area contributed by atoms with Crippen LogP contribution in [-0.2, 0) is 6.42 Å². The first-order chi connectivity index (χ1) is 15.0. The van der Waals surface area contributed by atoms with Crippen LogP contribution < -0.4 is 15.4 Å². The first-order valence-electron chi connectivity index (χ1n) is 10.4. The number of hydrogen-bond donors (Lipinski definition) is 2. The summed E-state index contributed by atoms with van der Waals surface area (Å²) in [4.78, 5) is 12.6. The molecule has 0 saturated carbocycles. The number of aryl methyl sites for hydroxylation is 1. The fraction of sp³-hybridized carbons (Fsp3) is 0.192. The van der Waals surface area contributed by atoms with Gasteiger partial charge in [0, 0.05) is 15.7 Å². The molecule has 0 heterocycles. The minimum Gasteiger partial charge on any atom is -0.491 e. The number of allylic oxidation sites excluding steroid dienone is 1. The van der Waals surface area contributed by atoms with E-state index in [4.69, 9.17) is 4.74 Å². The molecule has 2 amide bonds. The van der Waals surface area contributed by atoms with Crippen LogP contribution >= 0.6 is 15.9 Å². The lowest BCUT2D eigenvalue weighted by Gasteiger charge is -2.17. The number of anilines is 2. The van der Waals surface area contributed by atoms with E-state index in [1.807, 2.05) is 61.5 Å². The second-order valence-electron chi connectivity index (χ2n) is 7.25. The number of benzene rings is 3. The van der Waals surface area contributed by atoms with E-state index in [1.54, 1.807) is 0 Å². The van der Waals surface area contributed by atoms with Gasteiger partial charge in [0.25, 0.3) is 0 Å². The van der Waals surface area contributed by atoms with Gasteiger partial charge in [0.2, 0.25) is 0 Å². The Morgan fingerprint density at radius 2 is 1.77 bits per heavy atom. The number of nitrogens with one attached hydrogen (secondary N) is 2. The molecule has 0 unspecified atom stereocenters. The van der Waals surface area contributed by atoms with E-state index in [0.717, 1.165) is 33.3 Å². The minimum atomic E-state index is -0.311. The van der Waals surface area contributed by atoms with Crippen LogP contribution in [0.15, 0.2) is 77.3 Å². The Kier molecular flexibility index (Phi) is 8.30. The molecule has 3 aromatic carbocycles. The molecule has 0 fully saturated rings. The highest BCUT2D eigenvalue weighted by molar-refractivity contribution is 9.10. The molecule has 0 aliphatic carbocycles. The van der Waals surface area contributed by atoms with Crippen molar-refractivity contribution in [1.82, 2.24) is 0 Å². The summed E-state index contributed by atoms with van der Waals surface area (Å²) in [7, 11) is 0. The van der Waals surface area contributed by atoms with Crippen molar-refractivity contribution < 1.29 is 9.53 Å². The van der Waals surface area contributed by atoms with Crippen LogP contribution in [0.25, 0.3) is 6.08 Å². The van der Waals surface area contributed by atoms with Crippen molar-refractivity contribution in [2.24, 2.45) is 0 Å². The van der Waals surface area contributed by atoms with Gasteiger partial charge < -0.3 is 15.4 Å². The molecule has 0 bridgehead atoms. The highest BCUT2D eigenvalue weighted by Gasteiger charge is 2.14. The van der Waals surface area contributed by atoms with Crippen molar-refractivity contribution in [3.05, 3.63) is 94.0 Å². The molecule has 0 radical (unpaired) electrons. The average molecular weight is 479 g/mol. The van der Waals surface area contributed by atoms with Crippen molar-refractivity contribution in [2.75, 3.05) is 17.2 Å². The second kappa shape index (κ2) is 11.4. The number of ether oxygens (including phenoxy) is 1. The summed E-state index contributed by atoms with van der Waals surface area (Å²) in [5.41, 5.74) is 4.65. The van der Waals surface area contributed by atoms with E-state index < -0.39 is 0 Å². The first-order valence-corrected chi connectivity index (χ1v) is 11.2. The van der Waals surface area contributed by atoms with Crippen molar-refractivity contribution in [3.8, 4) is 5.75 Å². The summed E-state index contributed by atoms with van der Waals surface area (Å²) in [5, 5.41) is 5.81. The second-order valence-corrected chi connectivity index (χ2v) is 8.17. The van der Waals surface area contributed by atoms with E-state index in [9.17, 15) is 4.79 Å². The van der Waals surface area contributed by atoms with Gasteiger partial charge in [-0.05, 0) is 49.6 Å². The summed E-state index contributed by atoms with van der Waals surface area (Å²) < 4.78 is 6.92. The molecule has 31 heavy (non-hydrogen) atoms. The van der Waals surface area contributed by atoms with Gasteiger partial charge in [-0.2, -0.15) is 0 Å². The van der Waals surface area contributed by atoms with Crippen LogP contribution in [0.4, 0.5) is 16.2 Å². The zero-order valence-corrected chi connectivity index (χ0v) is 19.4. The number of halogens is 1. The van der Waals surface area contributed by atoms with E-state index in [0.29, 0.717) is 24.5 Å². The lowest BCUT2D eigenvalue weighted by atomic mass is 10.1. The Morgan fingerprint density at radius 3 is 2.48 bits per heavy atom. The molecule has 5 heteroatoms. The van der Waals surface area contributed by atoms with Gasteiger partial charge in [0.1, 0.15) is 5.75 Å². The lowest BCUT2D eigenvalue weighted by molar-refractivity contribution is 0.261. The molecule has 3 aromatic rings. The van der Waals surface area contributed by atoms with Crippen LogP contribution in [0.5, 0.6) is 5.75 Å². The van der Waals surface area contributed by atoms with E-state index in [-0.39, 0.29) is 6.03 Å². The maximum atomic E-state index is 12.6. The molecular weight excluding hydrogens is 452 g/mol. The number of urea groups is 1. The van der Waals surface area contributed by atoms with Gasteiger partial charge in [-0.3, -0.25) is 0 Å². The molecule has 4 nitrogen and oxygen atoms in total. The van der Waals surface area contributed by atoms with Crippen LogP contribution in [0.3, 0.4) is 0 Å². The molecule has 3 rings (SSSR count). The number of hydrogen-bond acceptors (Lipinski definition) is 2. The van der Waals surface area contributed by atoms with Crippen LogP contribution in [-0.4, -0.2) is 12.6 Å². The van der Waals surface area contributed by atoms with Crippen LogP contribution in [0.1, 0.15) is 30.0 Å². The predicted molar refractivity (Wildman–Crippen MR) is 133 cm³/mol. The Labute approximate surface area is 192 Å². The Bertz CT molecular complexity index is 1030. The average Bonchev–Trinajstić information content (AvgIpc) is 2.75. The van der Waals surface area contributed by atoms with Crippen LogP contribution in [0.2, 0.25) is 0 Å². The maximum Gasteiger partial charge on any atom is 0.323 e. The van der Waals surface area contributed by atoms with Crippen molar-refractivity contribution in [3.63, 3.8) is 0 Å². The highest BCUT2D eigenvalue weighted by Crippen LogP contribution is 2.34. The minimum absolute atomic E-state index is 0.311. The summed E-state index contributed by atoms with van der Waals surface area (Å²) in [6, 6.07) is 21.4. The number of rotatable bonds is 8. The molecule has 0 saturated heterocycles. The first kappa shape index (κ1) is 22.6. The van der Waals surface area contributed by atoms with Crippen LogP contribution in [0, 0.1) is 6.92 Å². The van der Waals surface area contributed by atoms with Crippen molar-refractivity contribution >= 4 is 39.4 Å². The van der Waals surface area contributed by atoms with E-state index in [1.165, 1.54) is 0 Å². The smallest absolute Gasteiger partial charge is 0.323 e. The largest absolute Gasteiger partial charge is 0.491 e. The number of carbonyl (C=O) groups is 1. The molecule has 0 aliphatic heterocycles. The van der Waals surface area contributed by atoms with Gasteiger partial charge in [-0.15, -0.1) is 0 Å². The molecule has 160 valence electrons. The Hall–Kier alpha value is -3.05. The molecule has 0 aliphatic rings. The number of amides is 2. The monoisotopic (exact) mass is 478 g/mol. The predicted octanol–water partition coefficient (Wildman–Crippen LogP) is 7.45. The Balaban J connectivity index is 1.80. The summed E-state index contributed by atoms with van der Waals surface area (Å²) in [5.74, 6) is 0.696. The topological polar surface area (TPSA) is 50.4 Å². The van der Waals surface area contributed by atoms with Crippen molar-refractivity contribution in [2.45, 2.75) is 26.7 Å². The molecule has 0 aromatic heterocycles. The fourth-order valence-electron chi connectivity index (χ4n) is 3.08. The van der Waals surface area contributed by atoms with Gasteiger partial charge in [0.05, 0.1) is 12.3 Å². The molecule has 2 N–H and O–H groups in total. The van der Waals surface area contributed by atoms with Gasteiger partial charge in [0.15, 0.2) is 0 Å². The van der Waals surface area contributed by atoms with E-state index in [2.05, 4.69) is 57.8 Å². The quantitative estimate of drug-likeness (QED) is 0.353. The van der Waals surface area contributed by atoms with E-state index >= 15 is 0 Å². The van der Waals surface area contributed by atoms with Gasteiger partial charge in [-0.25, -0.2) is 4.79 Å². The van der Waals surface area contributed by atoms with Gasteiger partial charge >= 0.3 is 6.03 Å². The standard InChI is InChI=1S/C26H27BrN2O2/c1-3-16-31-25-21(11-7-10-20-8-5-4-6-9-20)17-22(27)18-24(25)29-26(30)28-23-14-12-19(2)13-15-23/h4-10,12-15,17-18H,3,11,16H2,1-2H3,(H2,28,29,30). The van der Waals surface area contributed by atoms with Gasteiger partial charge in [-0.1, -0.05) is 83.0 Å². The molecular formula is C26H27BrN2O2. The maximum absolute atomic E-state index is 12.6. The summed E-state index contributed by atoms with van der Waals surface area (Å²) >= 11 is 3.57. The normalized spacial score (nSPS) is 10.8.